The van der Waals surface area contributed by atoms with Crippen LogP contribution in [0.1, 0.15) is 40.2 Å². The molecule has 1 atom stereocenters. The van der Waals surface area contributed by atoms with Crippen LogP contribution in [0.5, 0.6) is 0 Å². The van der Waals surface area contributed by atoms with E-state index in [1.54, 1.807) is 16.7 Å². The average Bonchev–Trinajstić information content (AvgIpc) is 2.64. The van der Waals surface area contributed by atoms with Crippen LogP contribution in [0.2, 0.25) is 0 Å². The molecule has 0 spiro atoms. The number of urea groups is 1. The minimum Gasteiger partial charge on any atom is -0.338 e. The maximum Gasteiger partial charge on any atom is 0.321 e. The molecule has 0 bridgehead atoms. The minimum absolute atomic E-state index is 0.00366. The number of hydrogen-bond donors (Lipinski definition) is 2. The van der Waals surface area contributed by atoms with Gasteiger partial charge in [0.1, 0.15) is 0 Å². The number of thioether (sulfide) groups is 1. The Labute approximate surface area is 162 Å². The molecule has 8 heteroatoms. The summed E-state index contributed by atoms with van der Waals surface area (Å²) in [5.41, 5.74) is 0.479. The third-order valence-corrected chi connectivity index (χ3v) is 5.02. The summed E-state index contributed by atoms with van der Waals surface area (Å²) in [5, 5.41) is 5.96. The van der Waals surface area contributed by atoms with Crippen molar-refractivity contribution in [2.24, 2.45) is 5.92 Å². The summed E-state index contributed by atoms with van der Waals surface area (Å²) in [6.45, 7) is 8.37. The summed E-state index contributed by atoms with van der Waals surface area (Å²) in [4.78, 5) is 41.2. The first-order valence-corrected chi connectivity index (χ1v) is 10.0. The molecule has 0 aliphatic heterocycles. The average molecular weight is 391 g/mol. The lowest BCUT2D eigenvalue weighted by Crippen LogP contribution is -2.41. The van der Waals surface area contributed by atoms with E-state index in [4.69, 9.17) is 0 Å². The predicted octanol–water partition coefficient (Wildman–Crippen LogP) is 2.94. The number of fused-ring (bicyclic) bond motifs is 1. The van der Waals surface area contributed by atoms with Crippen LogP contribution in [0.15, 0.2) is 34.2 Å². The first kappa shape index (κ1) is 21.0. The van der Waals surface area contributed by atoms with E-state index in [9.17, 15) is 14.4 Å². The Kier molecular flexibility index (Phi) is 7.41. The first-order chi connectivity index (χ1) is 12.8. The number of carbonyl (C=O) groups excluding carboxylic acids is 2. The lowest BCUT2D eigenvalue weighted by atomic mass is 10.2. The summed E-state index contributed by atoms with van der Waals surface area (Å²) in [6.07, 6.45) is 0.761. The second-order valence-corrected chi connectivity index (χ2v) is 7.73. The molecule has 2 aromatic rings. The highest BCUT2D eigenvalue weighted by atomic mass is 32.2. The fraction of sp³-hybridized carbons (Fsp3) is 0.474. The third-order valence-electron chi connectivity index (χ3n) is 4.06. The van der Waals surface area contributed by atoms with E-state index in [2.05, 4.69) is 15.6 Å². The highest BCUT2D eigenvalue weighted by Crippen LogP contribution is 2.22. The van der Waals surface area contributed by atoms with E-state index in [0.29, 0.717) is 28.5 Å². The molecule has 0 aliphatic carbocycles. The smallest absolute Gasteiger partial charge is 0.321 e. The number of para-hydroxylation sites is 1. The number of carbonyl (C=O) groups is 2. The number of hydrogen-bond acceptors (Lipinski definition) is 5. The van der Waals surface area contributed by atoms with E-state index in [1.807, 2.05) is 39.8 Å². The van der Waals surface area contributed by atoms with Gasteiger partial charge in [-0.3, -0.25) is 19.5 Å². The number of rotatable bonds is 7. The number of aromatic nitrogens is 2. The van der Waals surface area contributed by atoms with Crippen molar-refractivity contribution in [3.05, 3.63) is 34.6 Å². The largest absolute Gasteiger partial charge is 0.338 e. The van der Waals surface area contributed by atoms with Gasteiger partial charge in [-0.05, 0) is 31.4 Å². The summed E-state index contributed by atoms with van der Waals surface area (Å²) in [6, 6.07) is 6.60. The van der Waals surface area contributed by atoms with E-state index in [1.165, 1.54) is 0 Å². The second-order valence-electron chi connectivity index (χ2n) is 6.78. The Hall–Kier alpha value is -2.35. The maximum absolute atomic E-state index is 12.9. The van der Waals surface area contributed by atoms with Crippen molar-refractivity contribution >= 4 is 34.6 Å². The van der Waals surface area contributed by atoms with Gasteiger partial charge in [0.25, 0.3) is 5.56 Å². The molecule has 27 heavy (non-hydrogen) atoms. The Morgan fingerprint density at radius 3 is 2.59 bits per heavy atom. The van der Waals surface area contributed by atoms with Crippen LogP contribution in [0.3, 0.4) is 0 Å². The van der Waals surface area contributed by atoms with Gasteiger partial charge in [-0.1, -0.05) is 44.7 Å². The minimum atomic E-state index is -0.514. The SMILES string of the molecule is CCC(C)n1c(SCC(=O)NC(=O)NCC(C)C)nc2ccccc2c1=O. The molecule has 2 N–H and O–H groups in total. The predicted molar refractivity (Wildman–Crippen MR) is 108 cm³/mol. The number of nitrogens with one attached hydrogen (secondary N) is 2. The van der Waals surface area contributed by atoms with Gasteiger partial charge < -0.3 is 5.32 Å². The monoisotopic (exact) mass is 390 g/mol. The Morgan fingerprint density at radius 2 is 1.93 bits per heavy atom. The lowest BCUT2D eigenvalue weighted by Gasteiger charge is -2.18. The second kappa shape index (κ2) is 9.55. The van der Waals surface area contributed by atoms with Gasteiger partial charge in [0.15, 0.2) is 5.16 Å². The number of nitrogens with zero attached hydrogens (tertiary/aromatic N) is 2. The zero-order valence-electron chi connectivity index (χ0n) is 16.1. The fourth-order valence-electron chi connectivity index (χ4n) is 2.43. The maximum atomic E-state index is 12.9. The zero-order valence-corrected chi connectivity index (χ0v) is 16.9. The summed E-state index contributed by atoms with van der Waals surface area (Å²) in [5.74, 6) is -0.137. The van der Waals surface area contributed by atoms with Gasteiger partial charge in [0.05, 0.1) is 16.7 Å². The van der Waals surface area contributed by atoms with E-state index in [-0.39, 0.29) is 17.4 Å². The van der Waals surface area contributed by atoms with Gasteiger partial charge in [-0.15, -0.1) is 0 Å². The van der Waals surface area contributed by atoms with Crippen molar-refractivity contribution in [2.75, 3.05) is 12.3 Å². The Bertz CT molecular complexity index is 879. The molecule has 2 rings (SSSR count). The fourth-order valence-corrected chi connectivity index (χ4v) is 3.33. The van der Waals surface area contributed by atoms with Crippen molar-refractivity contribution in [1.29, 1.82) is 0 Å². The van der Waals surface area contributed by atoms with E-state index in [0.717, 1.165) is 18.2 Å². The molecule has 0 aliphatic rings. The first-order valence-electron chi connectivity index (χ1n) is 9.05. The van der Waals surface area contributed by atoms with Crippen molar-refractivity contribution in [1.82, 2.24) is 20.2 Å². The molecule has 0 saturated heterocycles. The normalized spacial score (nSPS) is 12.2. The number of imide groups is 1. The molecule has 1 unspecified atom stereocenters. The standard InChI is InChI=1S/C19H26N4O3S/c1-5-13(4)23-17(25)14-8-6-7-9-15(14)21-19(23)27-11-16(24)22-18(26)20-10-12(2)3/h6-9,12-13H,5,10-11H2,1-4H3,(H2,20,22,24,26). The summed E-state index contributed by atoms with van der Waals surface area (Å²) < 4.78 is 1.62. The molecule has 0 fully saturated rings. The van der Waals surface area contributed by atoms with Crippen molar-refractivity contribution in [2.45, 2.75) is 45.3 Å². The van der Waals surface area contributed by atoms with E-state index < -0.39 is 11.9 Å². The number of benzene rings is 1. The van der Waals surface area contributed by atoms with E-state index >= 15 is 0 Å². The lowest BCUT2D eigenvalue weighted by molar-refractivity contribution is -0.117. The molecule has 0 saturated carbocycles. The van der Waals surface area contributed by atoms with Crippen LogP contribution in [-0.2, 0) is 4.79 Å². The molecule has 1 aromatic heterocycles. The molecule has 1 heterocycles. The molecule has 7 nitrogen and oxygen atoms in total. The molecule has 146 valence electrons. The van der Waals surface area contributed by atoms with Crippen LogP contribution in [0.25, 0.3) is 10.9 Å². The van der Waals surface area contributed by atoms with Crippen LogP contribution in [0.4, 0.5) is 4.79 Å². The molecule has 3 amide bonds. The summed E-state index contributed by atoms with van der Waals surface area (Å²) >= 11 is 1.15. The van der Waals surface area contributed by atoms with Crippen LogP contribution in [0, 0.1) is 5.92 Å². The molecule has 0 radical (unpaired) electrons. The highest BCUT2D eigenvalue weighted by molar-refractivity contribution is 7.99. The van der Waals surface area contributed by atoms with Crippen molar-refractivity contribution in [3.8, 4) is 0 Å². The quantitative estimate of drug-likeness (QED) is 0.560. The van der Waals surface area contributed by atoms with Gasteiger partial charge >= 0.3 is 6.03 Å². The zero-order chi connectivity index (χ0) is 20.0. The van der Waals surface area contributed by atoms with Crippen LogP contribution in [-0.4, -0.2) is 33.8 Å². The van der Waals surface area contributed by atoms with Crippen molar-refractivity contribution in [3.63, 3.8) is 0 Å². The topological polar surface area (TPSA) is 93.1 Å². The summed E-state index contributed by atoms with van der Waals surface area (Å²) in [7, 11) is 0. The third kappa shape index (κ3) is 5.56. The van der Waals surface area contributed by atoms with Crippen molar-refractivity contribution < 1.29 is 9.59 Å². The Morgan fingerprint density at radius 1 is 1.22 bits per heavy atom. The molecular weight excluding hydrogens is 364 g/mol. The van der Waals surface area contributed by atoms with Crippen LogP contribution < -0.4 is 16.2 Å². The molecule has 1 aromatic carbocycles. The van der Waals surface area contributed by atoms with Gasteiger partial charge in [-0.25, -0.2) is 9.78 Å². The Balaban J connectivity index is 2.16. The van der Waals surface area contributed by atoms with Gasteiger partial charge in [0.2, 0.25) is 5.91 Å². The molecular formula is C19H26N4O3S. The highest BCUT2D eigenvalue weighted by Gasteiger charge is 2.17. The van der Waals surface area contributed by atoms with Gasteiger partial charge in [0, 0.05) is 12.6 Å². The van der Waals surface area contributed by atoms with Gasteiger partial charge in [-0.2, -0.15) is 0 Å². The van der Waals surface area contributed by atoms with Crippen LogP contribution >= 0.6 is 11.8 Å². The number of amides is 3.